The van der Waals surface area contributed by atoms with Gasteiger partial charge < -0.3 is 9.13 Å². The first kappa shape index (κ1) is 47.5. The van der Waals surface area contributed by atoms with Gasteiger partial charge in [0, 0.05) is 67.3 Å². The van der Waals surface area contributed by atoms with Crippen molar-refractivity contribution in [1.29, 1.82) is 0 Å². The zero-order valence-corrected chi connectivity index (χ0v) is 43.4. The largest absolute Gasteiger partial charge is 0.334 e. The lowest BCUT2D eigenvalue weighted by molar-refractivity contribution is 0.925. The lowest BCUT2D eigenvalue weighted by Crippen LogP contribution is -1.95. The molecule has 0 radical (unpaired) electrons. The van der Waals surface area contributed by atoms with Crippen LogP contribution in [0.2, 0.25) is 0 Å². The van der Waals surface area contributed by atoms with Gasteiger partial charge in [0.2, 0.25) is 0 Å². The van der Waals surface area contributed by atoms with E-state index in [1.54, 1.807) is 0 Å². The molecule has 0 aliphatic rings. The molecule has 13 rings (SSSR count). The van der Waals surface area contributed by atoms with E-state index in [2.05, 4.69) is 280 Å². The van der Waals surface area contributed by atoms with Crippen LogP contribution < -0.4 is 0 Å². The van der Waals surface area contributed by atoms with Crippen LogP contribution in [0.15, 0.2) is 286 Å². The Morgan fingerprint density at radius 3 is 0.936 bits per heavy atom. The summed E-state index contributed by atoms with van der Waals surface area (Å²) >= 11 is 0. The monoisotopic (exact) mass is 999 g/mol. The van der Waals surface area contributed by atoms with E-state index in [0.717, 1.165) is 117 Å². The lowest BCUT2D eigenvalue weighted by atomic mass is 9.85. The van der Waals surface area contributed by atoms with Crippen LogP contribution in [0.3, 0.4) is 0 Å². The van der Waals surface area contributed by atoms with Gasteiger partial charge in [-0.25, -0.2) is 9.97 Å². The van der Waals surface area contributed by atoms with E-state index >= 15 is 0 Å². The second-order valence-corrected chi connectivity index (χ2v) is 19.8. The maximum Gasteiger partial charge on any atom is 0.139 e. The Bertz CT molecular complexity index is 4080. The highest BCUT2D eigenvalue weighted by Crippen LogP contribution is 2.45. The Morgan fingerprint density at radius 1 is 0.231 bits per heavy atom. The first-order valence-corrected chi connectivity index (χ1v) is 26.4. The first-order chi connectivity index (χ1) is 38.5. The highest BCUT2D eigenvalue weighted by Gasteiger charge is 2.20. The molecule has 5 heteroatoms. The molecule has 0 atom stereocenters. The summed E-state index contributed by atoms with van der Waals surface area (Å²) in [5.74, 6) is 1.87. The van der Waals surface area contributed by atoms with E-state index in [1.807, 2.05) is 38.9 Å². The van der Waals surface area contributed by atoms with Crippen molar-refractivity contribution in [2.45, 2.75) is 0 Å². The average molecular weight is 1000 g/mol. The Balaban J connectivity index is 0.957. The van der Waals surface area contributed by atoms with Gasteiger partial charge in [-0.3, -0.25) is 4.98 Å². The molecule has 0 aliphatic heterocycles. The summed E-state index contributed by atoms with van der Waals surface area (Å²) in [6, 6.07) is 92.2. The summed E-state index contributed by atoms with van der Waals surface area (Å²) in [6.45, 7) is 0. The van der Waals surface area contributed by atoms with Gasteiger partial charge >= 0.3 is 0 Å². The normalized spacial score (nSPS) is 11.2. The first-order valence-electron chi connectivity index (χ1n) is 26.4. The molecule has 0 amide bonds. The maximum absolute atomic E-state index is 5.21. The summed E-state index contributed by atoms with van der Waals surface area (Å²) in [6.07, 6.45) is 9.73. The molecule has 13 aromatic rings. The Kier molecular flexibility index (Phi) is 12.7. The number of pyridine rings is 1. The van der Waals surface area contributed by atoms with Crippen molar-refractivity contribution in [3.05, 3.63) is 286 Å². The third-order valence-corrected chi connectivity index (χ3v) is 15.0. The lowest BCUT2D eigenvalue weighted by Gasteiger charge is -2.19. The Morgan fingerprint density at radius 2 is 0.538 bits per heavy atom. The minimum atomic E-state index is 0.922. The fourth-order valence-corrected chi connectivity index (χ4v) is 10.9. The quantitative estimate of drug-likeness (QED) is 0.123. The van der Waals surface area contributed by atoms with Crippen molar-refractivity contribution in [3.8, 4) is 134 Å². The molecule has 0 spiro atoms. The molecule has 0 saturated carbocycles. The second kappa shape index (κ2) is 20.8. The van der Waals surface area contributed by atoms with Crippen molar-refractivity contribution in [1.82, 2.24) is 24.1 Å². The summed E-state index contributed by atoms with van der Waals surface area (Å²) < 4.78 is 4.11. The van der Waals surface area contributed by atoms with Crippen molar-refractivity contribution < 1.29 is 0 Å². The molecular weight excluding hydrogens is 947 g/mol. The van der Waals surface area contributed by atoms with E-state index in [4.69, 9.17) is 4.98 Å². The molecule has 0 bridgehead atoms. The van der Waals surface area contributed by atoms with Gasteiger partial charge in [0.25, 0.3) is 0 Å². The fraction of sp³-hybridized carbons (Fsp3) is 0.0274. The number of hydrogen-bond acceptors (Lipinski definition) is 3. The molecular formula is C73H53N5. The third-order valence-electron chi connectivity index (χ3n) is 15.0. The van der Waals surface area contributed by atoms with Gasteiger partial charge in [-0.05, 0) is 119 Å². The zero-order chi connectivity index (χ0) is 52.4. The standard InChI is InChI=1S/C73H53N5/c1-77-43-41-74-72(77)58-37-33-54(34-38-58)63-19-9-11-21-65(63)60-45-61(66-22-12-10-20-64(66)55-35-39-59(40-36-55)73-75-42-44-78(73)2)47-62(46-60)67-23-13-14-24-68(67)70-49-76-71(57-17-7-4-8-18-57)48-69(70)56-31-29-53(30-32-56)52-27-25-51(26-28-52)50-15-5-3-6-16-50/h3-49H,1-2H3. The van der Waals surface area contributed by atoms with Gasteiger partial charge in [-0.1, -0.05) is 231 Å². The van der Waals surface area contributed by atoms with Gasteiger partial charge in [0.1, 0.15) is 11.6 Å². The van der Waals surface area contributed by atoms with Crippen LogP contribution >= 0.6 is 0 Å². The van der Waals surface area contributed by atoms with E-state index in [-0.39, 0.29) is 0 Å². The van der Waals surface area contributed by atoms with Gasteiger partial charge in [-0.2, -0.15) is 0 Å². The van der Waals surface area contributed by atoms with Crippen molar-refractivity contribution in [2.24, 2.45) is 14.1 Å². The average Bonchev–Trinajstić information content (AvgIpc) is 4.22. The molecule has 0 fully saturated rings. The fourth-order valence-electron chi connectivity index (χ4n) is 10.9. The molecule has 78 heavy (non-hydrogen) atoms. The van der Waals surface area contributed by atoms with Crippen LogP contribution in [-0.2, 0) is 14.1 Å². The van der Waals surface area contributed by atoms with Crippen molar-refractivity contribution in [2.75, 3.05) is 0 Å². The number of aromatic nitrogens is 5. The number of nitrogens with zero attached hydrogens (tertiary/aromatic N) is 5. The molecule has 0 saturated heterocycles. The minimum Gasteiger partial charge on any atom is -0.334 e. The molecule has 0 unspecified atom stereocenters. The molecule has 5 nitrogen and oxygen atoms in total. The summed E-state index contributed by atoms with van der Waals surface area (Å²) in [4.78, 5) is 14.5. The van der Waals surface area contributed by atoms with Crippen LogP contribution in [0.25, 0.3) is 134 Å². The number of imidazole rings is 2. The van der Waals surface area contributed by atoms with Gasteiger partial charge in [0.15, 0.2) is 0 Å². The Hall–Kier alpha value is -10.2. The van der Waals surface area contributed by atoms with Crippen molar-refractivity contribution >= 4 is 0 Å². The van der Waals surface area contributed by atoms with E-state index in [1.165, 1.54) is 16.7 Å². The number of rotatable bonds is 12. The smallest absolute Gasteiger partial charge is 0.139 e. The predicted octanol–water partition coefficient (Wildman–Crippen LogP) is 18.6. The third kappa shape index (κ3) is 9.35. The highest BCUT2D eigenvalue weighted by molar-refractivity contribution is 5.97. The van der Waals surface area contributed by atoms with Crippen molar-refractivity contribution in [3.63, 3.8) is 0 Å². The molecule has 3 aromatic heterocycles. The molecule has 0 aliphatic carbocycles. The number of benzene rings is 10. The van der Waals surface area contributed by atoms with Crippen LogP contribution in [0.1, 0.15) is 0 Å². The molecule has 3 heterocycles. The number of hydrogen-bond donors (Lipinski definition) is 0. The van der Waals surface area contributed by atoms with Gasteiger partial charge in [-0.15, -0.1) is 0 Å². The molecule has 370 valence electrons. The zero-order valence-electron chi connectivity index (χ0n) is 43.4. The van der Waals surface area contributed by atoms with Gasteiger partial charge in [0.05, 0.1) is 5.69 Å². The van der Waals surface area contributed by atoms with Crippen LogP contribution in [-0.4, -0.2) is 24.1 Å². The van der Waals surface area contributed by atoms with E-state index in [0.29, 0.717) is 0 Å². The summed E-state index contributed by atoms with van der Waals surface area (Å²) in [5, 5.41) is 0. The summed E-state index contributed by atoms with van der Waals surface area (Å²) in [7, 11) is 4.07. The predicted molar refractivity (Wildman–Crippen MR) is 323 cm³/mol. The maximum atomic E-state index is 5.21. The van der Waals surface area contributed by atoms with E-state index < -0.39 is 0 Å². The summed E-state index contributed by atoms with van der Waals surface area (Å²) in [5.41, 5.74) is 24.6. The van der Waals surface area contributed by atoms with E-state index in [9.17, 15) is 0 Å². The molecule has 10 aromatic carbocycles. The van der Waals surface area contributed by atoms with Crippen LogP contribution in [0, 0.1) is 0 Å². The van der Waals surface area contributed by atoms with Crippen LogP contribution in [0.4, 0.5) is 0 Å². The highest BCUT2D eigenvalue weighted by atomic mass is 15.0. The number of aryl methyl sites for hydroxylation is 2. The topological polar surface area (TPSA) is 48.5 Å². The SMILES string of the molecule is Cn1ccnc1-c1ccc(-c2ccccc2-c2cc(-c3ccccc3-c3ccc(-c4nccn4C)cc3)cc(-c3ccccc3-c3cnc(-c4ccccc4)cc3-c3ccc(-c4ccc(-c5ccccc5)cc4)cc3)c2)cc1. The molecule has 0 N–H and O–H groups in total. The second-order valence-electron chi connectivity index (χ2n) is 19.8. The Labute approximate surface area is 455 Å². The van der Waals surface area contributed by atoms with Crippen LogP contribution in [0.5, 0.6) is 0 Å². The minimum absolute atomic E-state index is 0.922.